The Kier molecular flexibility index (Phi) is 11.4. The van der Waals surface area contributed by atoms with Crippen LogP contribution in [0, 0.1) is 0 Å². The molecule has 0 bridgehead atoms. The summed E-state index contributed by atoms with van der Waals surface area (Å²) in [5.74, 6) is 0.307. The van der Waals surface area contributed by atoms with E-state index < -0.39 is 0 Å². The molecule has 4 aromatic rings. The number of ether oxygens (including phenoxy) is 3. The summed E-state index contributed by atoms with van der Waals surface area (Å²) in [6.45, 7) is 7.95. The van der Waals surface area contributed by atoms with Gasteiger partial charge in [-0.05, 0) is 73.1 Å². The molecule has 3 unspecified atom stereocenters. The number of phenols is 1. The van der Waals surface area contributed by atoms with Gasteiger partial charge in [-0.1, -0.05) is 97.1 Å². The first-order valence-corrected chi connectivity index (χ1v) is 14.3. The van der Waals surface area contributed by atoms with E-state index in [0.717, 1.165) is 34.2 Å². The Bertz CT molecular complexity index is 1270. The lowest BCUT2D eigenvalue weighted by Gasteiger charge is -2.24. The molecule has 3 atom stereocenters. The fourth-order valence-corrected chi connectivity index (χ4v) is 4.90. The summed E-state index contributed by atoms with van der Waals surface area (Å²) >= 11 is 0. The molecule has 0 aliphatic carbocycles. The first-order valence-electron chi connectivity index (χ1n) is 14.3. The Labute approximate surface area is 239 Å². The molecule has 1 N–H and O–H groups in total. The monoisotopic (exact) mass is 538 g/mol. The lowest BCUT2D eigenvalue weighted by Crippen LogP contribution is -2.20. The first kappa shape index (κ1) is 29.5. The molecule has 40 heavy (non-hydrogen) atoms. The van der Waals surface area contributed by atoms with E-state index in [1.54, 1.807) is 0 Å². The van der Waals surface area contributed by atoms with E-state index in [2.05, 4.69) is 57.2 Å². The summed E-state index contributed by atoms with van der Waals surface area (Å²) in [6.07, 6.45) is 1.99. The molecule has 0 saturated carbocycles. The number of phenolic OH excluding ortho intramolecular Hbond substituents is 1. The van der Waals surface area contributed by atoms with Crippen LogP contribution in [0.4, 0.5) is 0 Å². The van der Waals surface area contributed by atoms with E-state index in [1.165, 1.54) is 5.56 Å². The van der Waals surface area contributed by atoms with Crippen LogP contribution in [0.25, 0.3) is 0 Å². The summed E-state index contributed by atoms with van der Waals surface area (Å²) in [7, 11) is 0. The minimum atomic E-state index is -0.0626. The van der Waals surface area contributed by atoms with Gasteiger partial charge in [0.05, 0.1) is 38.1 Å². The SMILES string of the molecule is CC(Cc1ccc(O)c(CC(C)OCc2ccccc2)c1CC(C)OCc1ccccc1)OCc1ccccc1. The predicted molar refractivity (Wildman–Crippen MR) is 161 cm³/mol. The van der Waals surface area contributed by atoms with Crippen LogP contribution in [-0.2, 0) is 53.3 Å². The molecule has 0 aliphatic heterocycles. The molecular formula is C36H42O4. The van der Waals surface area contributed by atoms with E-state index in [1.807, 2.05) is 66.7 Å². The van der Waals surface area contributed by atoms with Crippen molar-refractivity contribution < 1.29 is 19.3 Å². The van der Waals surface area contributed by atoms with Crippen LogP contribution in [-0.4, -0.2) is 23.4 Å². The highest BCUT2D eigenvalue weighted by Gasteiger charge is 2.20. The Hall–Kier alpha value is -3.44. The third kappa shape index (κ3) is 9.34. The topological polar surface area (TPSA) is 47.9 Å². The van der Waals surface area contributed by atoms with Gasteiger partial charge in [0.25, 0.3) is 0 Å². The van der Waals surface area contributed by atoms with Gasteiger partial charge >= 0.3 is 0 Å². The third-order valence-corrected chi connectivity index (χ3v) is 7.13. The van der Waals surface area contributed by atoms with E-state index in [0.29, 0.717) is 38.4 Å². The van der Waals surface area contributed by atoms with E-state index in [4.69, 9.17) is 14.2 Å². The Morgan fingerprint density at radius 1 is 0.475 bits per heavy atom. The molecule has 210 valence electrons. The second-order valence-corrected chi connectivity index (χ2v) is 10.6. The van der Waals surface area contributed by atoms with Crippen molar-refractivity contribution in [1.29, 1.82) is 0 Å². The summed E-state index contributed by atoms with van der Waals surface area (Å²) in [5.41, 5.74) is 6.69. The molecule has 0 amide bonds. The van der Waals surface area contributed by atoms with Crippen LogP contribution < -0.4 is 0 Å². The van der Waals surface area contributed by atoms with Crippen molar-refractivity contribution in [1.82, 2.24) is 0 Å². The van der Waals surface area contributed by atoms with Crippen molar-refractivity contribution in [2.45, 2.75) is 78.2 Å². The Morgan fingerprint density at radius 3 is 1.27 bits per heavy atom. The summed E-state index contributed by atoms with van der Waals surface area (Å²) < 4.78 is 18.7. The van der Waals surface area contributed by atoms with Crippen LogP contribution in [0.15, 0.2) is 103 Å². The summed E-state index contributed by atoms with van der Waals surface area (Å²) in [6, 6.07) is 34.5. The number of aromatic hydroxyl groups is 1. The Morgan fingerprint density at radius 2 is 0.850 bits per heavy atom. The number of benzene rings is 4. The van der Waals surface area contributed by atoms with E-state index in [9.17, 15) is 5.11 Å². The van der Waals surface area contributed by atoms with Crippen LogP contribution in [0.1, 0.15) is 54.2 Å². The van der Waals surface area contributed by atoms with Gasteiger partial charge in [-0.2, -0.15) is 0 Å². The molecule has 4 aromatic carbocycles. The molecule has 0 heterocycles. The standard InChI is InChI=1S/C36H42O4/c1-27(38-24-30-13-7-4-8-14-30)21-33-19-20-36(37)35(23-29(3)40-26-32-17-11-6-12-18-32)34(33)22-28(2)39-25-31-15-9-5-10-16-31/h4-20,27-29,37H,21-26H2,1-3H3. The zero-order chi connectivity index (χ0) is 28.2. The van der Waals surface area contributed by atoms with Gasteiger partial charge in [0.1, 0.15) is 5.75 Å². The van der Waals surface area contributed by atoms with Crippen LogP contribution in [0.5, 0.6) is 5.75 Å². The van der Waals surface area contributed by atoms with Crippen LogP contribution in [0.3, 0.4) is 0 Å². The average molecular weight is 539 g/mol. The zero-order valence-corrected chi connectivity index (χ0v) is 24.0. The highest BCUT2D eigenvalue weighted by atomic mass is 16.5. The molecule has 0 aromatic heterocycles. The largest absolute Gasteiger partial charge is 0.508 e. The van der Waals surface area contributed by atoms with Crippen molar-refractivity contribution in [3.8, 4) is 5.75 Å². The van der Waals surface area contributed by atoms with Gasteiger partial charge in [0.15, 0.2) is 0 Å². The fraction of sp³-hybridized carbons (Fsp3) is 0.333. The molecule has 0 aliphatic rings. The molecule has 4 nitrogen and oxygen atoms in total. The minimum absolute atomic E-state index is 0.0173. The third-order valence-electron chi connectivity index (χ3n) is 7.13. The number of rotatable bonds is 15. The normalized spacial score (nSPS) is 13.6. The molecule has 0 fully saturated rings. The Balaban J connectivity index is 1.49. The molecular weight excluding hydrogens is 496 g/mol. The zero-order valence-electron chi connectivity index (χ0n) is 24.0. The van der Waals surface area contributed by atoms with Crippen molar-refractivity contribution in [3.05, 3.63) is 137 Å². The van der Waals surface area contributed by atoms with Gasteiger partial charge in [-0.25, -0.2) is 0 Å². The van der Waals surface area contributed by atoms with Gasteiger partial charge < -0.3 is 19.3 Å². The molecule has 0 spiro atoms. The van der Waals surface area contributed by atoms with Crippen LogP contribution >= 0.6 is 0 Å². The van der Waals surface area contributed by atoms with E-state index >= 15 is 0 Å². The van der Waals surface area contributed by atoms with Gasteiger partial charge in [0, 0.05) is 6.42 Å². The average Bonchev–Trinajstić information content (AvgIpc) is 2.98. The molecule has 4 rings (SSSR count). The van der Waals surface area contributed by atoms with Crippen molar-refractivity contribution in [3.63, 3.8) is 0 Å². The highest BCUT2D eigenvalue weighted by Crippen LogP contribution is 2.30. The van der Waals surface area contributed by atoms with Gasteiger partial charge in [-0.15, -0.1) is 0 Å². The van der Waals surface area contributed by atoms with E-state index in [-0.39, 0.29) is 18.3 Å². The van der Waals surface area contributed by atoms with Crippen molar-refractivity contribution in [2.24, 2.45) is 0 Å². The maximum Gasteiger partial charge on any atom is 0.119 e. The van der Waals surface area contributed by atoms with Crippen molar-refractivity contribution in [2.75, 3.05) is 0 Å². The smallest absolute Gasteiger partial charge is 0.119 e. The molecule has 0 radical (unpaired) electrons. The fourth-order valence-electron chi connectivity index (χ4n) is 4.90. The predicted octanol–water partition coefficient (Wildman–Crippen LogP) is 7.84. The maximum atomic E-state index is 11.0. The maximum absolute atomic E-state index is 11.0. The van der Waals surface area contributed by atoms with Crippen LogP contribution in [0.2, 0.25) is 0 Å². The molecule has 4 heteroatoms. The second kappa shape index (κ2) is 15.4. The van der Waals surface area contributed by atoms with Crippen molar-refractivity contribution >= 4 is 0 Å². The lowest BCUT2D eigenvalue weighted by molar-refractivity contribution is 0.0476. The lowest BCUT2D eigenvalue weighted by atomic mass is 9.90. The van der Waals surface area contributed by atoms with Gasteiger partial charge in [-0.3, -0.25) is 0 Å². The summed E-state index contributed by atoms with van der Waals surface area (Å²) in [5, 5.41) is 11.0. The van der Waals surface area contributed by atoms with Gasteiger partial charge in [0.2, 0.25) is 0 Å². The first-order chi connectivity index (χ1) is 19.5. The molecule has 0 saturated heterocycles. The second-order valence-electron chi connectivity index (χ2n) is 10.6. The summed E-state index contributed by atoms with van der Waals surface area (Å²) in [4.78, 5) is 0. The highest BCUT2D eigenvalue weighted by molar-refractivity contribution is 5.45. The number of hydrogen-bond acceptors (Lipinski definition) is 4. The quantitative estimate of drug-likeness (QED) is 0.168. The minimum Gasteiger partial charge on any atom is -0.508 e. The number of hydrogen-bond donors (Lipinski definition) is 1.